The van der Waals surface area contributed by atoms with Crippen LogP contribution in [-0.4, -0.2) is 0 Å². The van der Waals surface area contributed by atoms with Crippen LogP contribution in [0.15, 0.2) is 27.5 Å². The predicted octanol–water partition coefficient (Wildman–Crippen LogP) is 3.15. The monoisotopic (exact) mass is 231 g/mol. The highest BCUT2D eigenvalue weighted by Gasteiger charge is 2.01. The minimum Gasteiger partial charge on any atom is -0.457 e. The molecule has 0 aliphatic rings. The zero-order chi connectivity index (χ0) is 8.27. The van der Waals surface area contributed by atoms with Gasteiger partial charge in [0.1, 0.15) is 6.26 Å². The van der Waals surface area contributed by atoms with Gasteiger partial charge in [0.05, 0.1) is 11.1 Å². The van der Waals surface area contributed by atoms with Gasteiger partial charge in [-0.15, -0.1) is 0 Å². The summed E-state index contributed by atoms with van der Waals surface area (Å²) in [7, 11) is 0. The minimum absolute atomic E-state index is 0.377. The Labute approximate surface area is 77.2 Å². The molecule has 4 heteroatoms. The molecular weight excluding hydrogens is 229 g/mol. The van der Waals surface area contributed by atoms with Crippen LogP contribution in [0, 0.1) is 11.3 Å². The molecule has 0 fully saturated rings. The average molecular weight is 232 g/mol. The molecule has 0 amide bonds. The SMILES string of the molecule is N#C/C=C(\Cl)c1coc(Br)c1. The van der Waals surface area contributed by atoms with Gasteiger partial charge in [0, 0.05) is 11.6 Å². The third kappa shape index (κ3) is 2.11. The Bertz CT molecular complexity index is 323. The lowest BCUT2D eigenvalue weighted by molar-refractivity contribution is 0.540. The Kier molecular flexibility index (Phi) is 2.75. The Hall–Kier alpha value is -0.720. The van der Waals surface area contributed by atoms with Crippen LogP contribution in [0.3, 0.4) is 0 Å². The fourth-order valence-electron chi connectivity index (χ4n) is 0.575. The van der Waals surface area contributed by atoms with Gasteiger partial charge in [-0.25, -0.2) is 0 Å². The van der Waals surface area contributed by atoms with Gasteiger partial charge < -0.3 is 4.42 Å². The van der Waals surface area contributed by atoms with Gasteiger partial charge in [-0.05, 0) is 22.0 Å². The molecule has 1 aromatic rings. The van der Waals surface area contributed by atoms with Crippen molar-refractivity contribution in [3.8, 4) is 6.07 Å². The molecule has 0 unspecified atom stereocenters. The first-order valence-corrected chi connectivity index (χ1v) is 3.91. The summed E-state index contributed by atoms with van der Waals surface area (Å²) in [5.41, 5.74) is 0.695. The number of nitriles is 1. The zero-order valence-corrected chi connectivity index (χ0v) is 7.69. The van der Waals surface area contributed by atoms with Crippen molar-refractivity contribution in [2.45, 2.75) is 0 Å². The van der Waals surface area contributed by atoms with E-state index in [9.17, 15) is 0 Å². The van der Waals surface area contributed by atoms with Crippen LogP contribution in [0.4, 0.5) is 0 Å². The molecule has 0 N–H and O–H groups in total. The number of hydrogen-bond donors (Lipinski definition) is 0. The third-order valence-electron chi connectivity index (χ3n) is 1.03. The fourth-order valence-corrected chi connectivity index (χ4v) is 1.06. The maximum Gasteiger partial charge on any atom is 0.169 e. The van der Waals surface area contributed by atoms with Crippen LogP contribution in [-0.2, 0) is 0 Å². The molecule has 0 bridgehead atoms. The summed E-state index contributed by atoms with van der Waals surface area (Å²) >= 11 is 8.79. The third-order valence-corrected chi connectivity index (χ3v) is 1.78. The quantitative estimate of drug-likeness (QED) is 0.698. The van der Waals surface area contributed by atoms with E-state index in [0.717, 1.165) is 0 Å². The lowest BCUT2D eigenvalue weighted by Crippen LogP contribution is -1.66. The lowest BCUT2D eigenvalue weighted by atomic mass is 10.3. The van der Waals surface area contributed by atoms with Crippen LogP contribution >= 0.6 is 27.5 Å². The van der Waals surface area contributed by atoms with Crippen LogP contribution in [0.25, 0.3) is 5.03 Å². The summed E-state index contributed by atoms with van der Waals surface area (Å²) in [6, 6.07) is 3.51. The van der Waals surface area contributed by atoms with E-state index in [1.807, 2.05) is 6.07 Å². The van der Waals surface area contributed by atoms with Gasteiger partial charge in [0.2, 0.25) is 0 Å². The second-order valence-electron chi connectivity index (χ2n) is 1.76. The van der Waals surface area contributed by atoms with E-state index in [1.165, 1.54) is 12.3 Å². The Balaban J connectivity index is 2.95. The van der Waals surface area contributed by atoms with Crippen LogP contribution in [0.2, 0.25) is 0 Å². The highest BCUT2D eigenvalue weighted by molar-refractivity contribution is 9.10. The smallest absolute Gasteiger partial charge is 0.169 e. The Morgan fingerprint density at radius 2 is 2.55 bits per heavy atom. The number of rotatable bonds is 1. The molecule has 0 aromatic carbocycles. The highest BCUT2D eigenvalue weighted by atomic mass is 79.9. The van der Waals surface area contributed by atoms with E-state index >= 15 is 0 Å². The van der Waals surface area contributed by atoms with Crippen molar-refractivity contribution in [3.63, 3.8) is 0 Å². The molecule has 11 heavy (non-hydrogen) atoms. The van der Waals surface area contributed by atoms with Gasteiger partial charge >= 0.3 is 0 Å². The molecule has 0 saturated heterocycles. The summed E-state index contributed by atoms with van der Waals surface area (Å²) in [5.74, 6) is 0. The molecule has 2 nitrogen and oxygen atoms in total. The summed E-state index contributed by atoms with van der Waals surface area (Å²) in [6.45, 7) is 0. The molecule has 0 aliphatic carbocycles. The normalized spacial score (nSPS) is 11.2. The van der Waals surface area contributed by atoms with Crippen molar-refractivity contribution in [2.75, 3.05) is 0 Å². The molecule has 1 aromatic heterocycles. The molecule has 0 atom stereocenters. The summed E-state index contributed by atoms with van der Waals surface area (Å²) in [4.78, 5) is 0. The van der Waals surface area contributed by atoms with E-state index in [2.05, 4.69) is 15.9 Å². The first-order chi connectivity index (χ1) is 5.24. The summed E-state index contributed by atoms with van der Waals surface area (Å²) in [6.07, 6.45) is 2.72. The Morgan fingerprint density at radius 3 is 3.00 bits per heavy atom. The maximum atomic E-state index is 8.25. The molecule has 1 rings (SSSR count). The molecule has 0 aliphatic heterocycles. The zero-order valence-electron chi connectivity index (χ0n) is 5.34. The first-order valence-electron chi connectivity index (χ1n) is 2.73. The first kappa shape index (κ1) is 8.38. The van der Waals surface area contributed by atoms with Crippen molar-refractivity contribution in [3.05, 3.63) is 28.6 Å². The lowest BCUT2D eigenvalue weighted by Gasteiger charge is -1.84. The maximum absolute atomic E-state index is 8.25. The van der Waals surface area contributed by atoms with Crippen molar-refractivity contribution in [2.24, 2.45) is 0 Å². The van der Waals surface area contributed by atoms with Gasteiger partial charge in [0.15, 0.2) is 4.67 Å². The highest BCUT2D eigenvalue weighted by Crippen LogP contribution is 2.23. The van der Waals surface area contributed by atoms with Crippen molar-refractivity contribution in [1.29, 1.82) is 5.26 Å². The molecule has 0 spiro atoms. The van der Waals surface area contributed by atoms with Gasteiger partial charge in [-0.1, -0.05) is 11.6 Å². The number of furan rings is 1. The number of allylic oxidation sites excluding steroid dienone is 1. The van der Waals surface area contributed by atoms with Crippen LogP contribution in [0.1, 0.15) is 5.56 Å². The van der Waals surface area contributed by atoms with E-state index in [0.29, 0.717) is 15.3 Å². The summed E-state index contributed by atoms with van der Waals surface area (Å²) < 4.78 is 5.51. The number of halogens is 2. The number of nitrogens with zero attached hydrogens (tertiary/aromatic N) is 1. The van der Waals surface area contributed by atoms with E-state index in [4.69, 9.17) is 21.3 Å². The standard InChI is InChI=1S/C7H3BrClNO/c8-7-3-5(4-11-7)6(9)1-2-10/h1,3-4H/b6-1-. The molecule has 0 radical (unpaired) electrons. The number of hydrogen-bond acceptors (Lipinski definition) is 2. The van der Waals surface area contributed by atoms with Gasteiger partial charge in [0.25, 0.3) is 0 Å². The molecule has 1 heterocycles. The second-order valence-corrected chi connectivity index (χ2v) is 2.95. The van der Waals surface area contributed by atoms with Crippen LogP contribution < -0.4 is 0 Å². The molecule has 0 saturated carbocycles. The predicted molar refractivity (Wildman–Crippen MR) is 45.9 cm³/mol. The van der Waals surface area contributed by atoms with Crippen molar-refractivity contribution >= 4 is 32.6 Å². The molecular formula is C7H3BrClNO. The molecule has 56 valence electrons. The summed E-state index contributed by atoms with van der Waals surface area (Å²) in [5, 5.41) is 8.63. The van der Waals surface area contributed by atoms with Crippen LogP contribution in [0.5, 0.6) is 0 Å². The van der Waals surface area contributed by atoms with Crippen molar-refractivity contribution in [1.82, 2.24) is 0 Å². The largest absolute Gasteiger partial charge is 0.457 e. The van der Waals surface area contributed by atoms with E-state index in [1.54, 1.807) is 6.07 Å². The fraction of sp³-hybridized carbons (Fsp3) is 0. The van der Waals surface area contributed by atoms with Gasteiger partial charge in [-0.2, -0.15) is 5.26 Å². The van der Waals surface area contributed by atoms with Crippen molar-refractivity contribution < 1.29 is 4.42 Å². The average Bonchev–Trinajstić information content (AvgIpc) is 2.36. The van der Waals surface area contributed by atoms with E-state index in [-0.39, 0.29) is 0 Å². The van der Waals surface area contributed by atoms with E-state index < -0.39 is 0 Å². The topological polar surface area (TPSA) is 36.9 Å². The second kappa shape index (κ2) is 3.61. The Morgan fingerprint density at radius 1 is 1.82 bits per heavy atom. The van der Waals surface area contributed by atoms with Gasteiger partial charge in [-0.3, -0.25) is 0 Å². The minimum atomic E-state index is 0.377.